The zero-order valence-corrected chi connectivity index (χ0v) is 21.8. The summed E-state index contributed by atoms with van der Waals surface area (Å²) in [5.41, 5.74) is 2.76. The lowest BCUT2D eigenvalue weighted by Crippen LogP contribution is -2.15. The number of hydrogen-bond donors (Lipinski definition) is 1. The number of nitrogens with one attached hydrogen (secondary N) is 1. The van der Waals surface area contributed by atoms with Crippen LogP contribution in [0, 0.1) is 20.8 Å². The molecule has 0 aliphatic rings. The Morgan fingerprint density at radius 1 is 1.21 bits per heavy atom. The van der Waals surface area contributed by atoms with Crippen LogP contribution in [0.25, 0.3) is 0 Å². The van der Waals surface area contributed by atoms with Crippen molar-refractivity contribution in [2.75, 3.05) is 17.7 Å². The predicted octanol–water partition coefficient (Wildman–Crippen LogP) is 4.73. The van der Waals surface area contributed by atoms with Crippen molar-refractivity contribution in [3.05, 3.63) is 45.7 Å². The highest BCUT2D eigenvalue weighted by atomic mass is 32.2. The highest BCUT2D eigenvalue weighted by Gasteiger charge is 2.21. The minimum absolute atomic E-state index is 0.123. The lowest BCUT2D eigenvalue weighted by atomic mass is 10.1. The molecule has 1 atom stereocenters. The van der Waals surface area contributed by atoms with Crippen LogP contribution in [0.2, 0.25) is 0 Å². The summed E-state index contributed by atoms with van der Waals surface area (Å²) in [6.45, 7) is 12.4. The first-order chi connectivity index (χ1) is 16.2. The fourth-order valence-corrected chi connectivity index (χ4v) is 4.99. The zero-order chi connectivity index (χ0) is 24.8. The van der Waals surface area contributed by atoms with Gasteiger partial charge in [0, 0.05) is 6.54 Å². The Morgan fingerprint density at radius 2 is 1.97 bits per heavy atom. The maximum absolute atomic E-state index is 12.5. The molecule has 0 aliphatic heterocycles. The van der Waals surface area contributed by atoms with Gasteiger partial charge in [-0.15, -0.1) is 10.2 Å². The number of anilines is 1. The van der Waals surface area contributed by atoms with Gasteiger partial charge >= 0.3 is 5.97 Å². The van der Waals surface area contributed by atoms with Crippen molar-refractivity contribution in [2.45, 2.75) is 59.3 Å². The summed E-state index contributed by atoms with van der Waals surface area (Å²) in [6, 6.07) is 6.05. The van der Waals surface area contributed by atoms with Gasteiger partial charge in [-0.05, 0) is 53.2 Å². The second-order valence-electron chi connectivity index (χ2n) is 7.60. The lowest BCUT2D eigenvalue weighted by Gasteiger charge is -2.17. The number of esters is 1. The Bertz CT molecular complexity index is 1170. The molecule has 11 heteroatoms. The third-order valence-corrected chi connectivity index (χ3v) is 6.92. The smallest absolute Gasteiger partial charge is 0.350 e. The van der Waals surface area contributed by atoms with E-state index in [1.54, 1.807) is 13.8 Å². The summed E-state index contributed by atoms with van der Waals surface area (Å²) in [6.07, 6.45) is -0.309. The summed E-state index contributed by atoms with van der Waals surface area (Å²) in [4.78, 5) is 29.1. The molecule has 34 heavy (non-hydrogen) atoms. The van der Waals surface area contributed by atoms with E-state index in [-0.39, 0.29) is 24.4 Å². The Morgan fingerprint density at radius 3 is 2.65 bits per heavy atom. The average molecular weight is 504 g/mol. The molecule has 1 amide bonds. The summed E-state index contributed by atoms with van der Waals surface area (Å²) in [7, 11) is 0. The number of carbonyl (C=O) groups is 2. The SMILES string of the molecule is CCOC(=O)c1sc(NC(=O)CSc2nnc(C(C)Oc3ccc(C)cc3C)n2CC)nc1C. The molecule has 2 heterocycles. The molecule has 0 saturated heterocycles. The number of benzene rings is 1. The van der Waals surface area contributed by atoms with Crippen LogP contribution in [0.5, 0.6) is 5.75 Å². The molecule has 0 aliphatic carbocycles. The largest absolute Gasteiger partial charge is 0.482 e. The minimum atomic E-state index is -0.437. The number of thiazole rings is 1. The maximum atomic E-state index is 12.5. The molecule has 1 N–H and O–H groups in total. The number of aryl methyl sites for hydroxylation is 3. The fourth-order valence-electron chi connectivity index (χ4n) is 3.30. The molecule has 0 bridgehead atoms. The Labute approximate surface area is 207 Å². The maximum Gasteiger partial charge on any atom is 0.350 e. The molecule has 0 spiro atoms. The van der Waals surface area contributed by atoms with E-state index in [9.17, 15) is 9.59 Å². The Balaban J connectivity index is 1.62. The molecule has 3 rings (SSSR count). The van der Waals surface area contributed by atoms with Gasteiger partial charge in [0.05, 0.1) is 18.1 Å². The number of aromatic nitrogens is 4. The van der Waals surface area contributed by atoms with E-state index in [0.717, 1.165) is 22.6 Å². The molecule has 3 aromatic rings. The van der Waals surface area contributed by atoms with Crippen molar-refractivity contribution in [3.8, 4) is 5.75 Å². The van der Waals surface area contributed by atoms with Crippen molar-refractivity contribution < 1.29 is 19.1 Å². The van der Waals surface area contributed by atoms with Crippen LogP contribution in [0.3, 0.4) is 0 Å². The predicted molar refractivity (Wildman–Crippen MR) is 133 cm³/mol. The minimum Gasteiger partial charge on any atom is -0.482 e. The second-order valence-corrected chi connectivity index (χ2v) is 9.55. The van der Waals surface area contributed by atoms with Gasteiger partial charge in [0.1, 0.15) is 10.6 Å². The van der Waals surface area contributed by atoms with Crippen molar-refractivity contribution in [1.29, 1.82) is 0 Å². The third-order valence-electron chi connectivity index (χ3n) is 4.90. The van der Waals surface area contributed by atoms with E-state index >= 15 is 0 Å². The number of thioether (sulfide) groups is 1. The van der Waals surface area contributed by atoms with Crippen LogP contribution in [-0.4, -0.2) is 44.0 Å². The van der Waals surface area contributed by atoms with E-state index in [0.29, 0.717) is 33.2 Å². The molecule has 0 fully saturated rings. The van der Waals surface area contributed by atoms with Crippen molar-refractivity contribution in [2.24, 2.45) is 0 Å². The van der Waals surface area contributed by atoms with Crippen LogP contribution in [-0.2, 0) is 16.1 Å². The quantitative estimate of drug-likeness (QED) is 0.313. The summed E-state index contributed by atoms with van der Waals surface area (Å²) < 4.78 is 13.1. The highest BCUT2D eigenvalue weighted by molar-refractivity contribution is 7.99. The topological polar surface area (TPSA) is 108 Å². The average Bonchev–Trinajstić information content (AvgIpc) is 3.37. The van der Waals surface area contributed by atoms with Crippen molar-refractivity contribution >= 4 is 40.1 Å². The van der Waals surface area contributed by atoms with E-state index in [2.05, 4.69) is 26.6 Å². The number of amides is 1. The van der Waals surface area contributed by atoms with Crippen molar-refractivity contribution in [3.63, 3.8) is 0 Å². The summed E-state index contributed by atoms with van der Waals surface area (Å²) >= 11 is 2.38. The van der Waals surface area contributed by atoms with Crippen LogP contribution in [0.1, 0.15) is 59.2 Å². The number of nitrogens with zero attached hydrogens (tertiary/aromatic N) is 4. The van der Waals surface area contributed by atoms with Gasteiger partial charge in [-0.2, -0.15) is 0 Å². The normalized spacial score (nSPS) is 11.8. The molecule has 182 valence electrons. The van der Waals surface area contributed by atoms with Gasteiger partial charge in [-0.3, -0.25) is 4.79 Å². The molecule has 1 aromatic carbocycles. The van der Waals surface area contributed by atoms with E-state index in [1.165, 1.54) is 17.3 Å². The monoisotopic (exact) mass is 503 g/mol. The molecule has 1 unspecified atom stereocenters. The molecule has 9 nitrogen and oxygen atoms in total. The fraction of sp³-hybridized carbons (Fsp3) is 0.435. The van der Waals surface area contributed by atoms with Gasteiger partial charge in [-0.1, -0.05) is 40.8 Å². The van der Waals surface area contributed by atoms with Gasteiger partial charge in [0.25, 0.3) is 0 Å². The van der Waals surface area contributed by atoms with E-state index in [1.807, 2.05) is 44.4 Å². The molecular weight excluding hydrogens is 474 g/mol. The van der Waals surface area contributed by atoms with Crippen LogP contribution in [0.4, 0.5) is 5.13 Å². The van der Waals surface area contributed by atoms with Crippen LogP contribution in [0.15, 0.2) is 23.4 Å². The number of rotatable bonds is 10. The van der Waals surface area contributed by atoms with Gasteiger partial charge < -0.3 is 19.4 Å². The zero-order valence-electron chi connectivity index (χ0n) is 20.2. The highest BCUT2D eigenvalue weighted by Crippen LogP contribution is 2.28. The van der Waals surface area contributed by atoms with Crippen LogP contribution >= 0.6 is 23.1 Å². The van der Waals surface area contributed by atoms with Gasteiger partial charge in [0.2, 0.25) is 5.91 Å². The molecule has 0 radical (unpaired) electrons. The first kappa shape index (κ1) is 25.7. The molecule has 2 aromatic heterocycles. The Kier molecular flexibility index (Phi) is 8.67. The van der Waals surface area contributed by atoms with Crippen molar-refractivity contribution in [1.82, 2.24) is 19.7 Å². The summed E-state index contributed by atoms with van der Waals surface area (Å²) in [5, 5.41) is 12.3. The van der Waals surface area contributed by atoms with Gasteiger partial charge in [0.15, 0.2) is 22.2 Å². The molecular formula is C23H29N5O4S2. The summed E-state index contributed by atoms with van der Waals surface area (Å²) in [5.74, 6) is 0.935. The standard InChI is InChI=1S/C23H29N5O4S2/c1-7-28-20(16(6)32-17-10-9-13(3)11-14(17)4)26-27-23(28)33-12-18(29)25-22-24-15(5)19(34-22)21(30)31-8-2/h9-11,16H,7-8,12H2,1-6H3,(H,24,25,29). The lowest BCUT2D eigenvalue weighted by molar-refractivity contribution is -0.113. The first-order valence-electron chi connectivity index (χ1n) is 11.0. The number of carbonyl (C=O) groups excluding carboxylic acids is 2. The van der Waals surface area contributed by atoms with Gasteiger partial charge in [-0.25, -0.2) is 9.78 Å². The molecule has 0 saturated carbocycles. The third kappa shape index (κ3) is 6.15. The van der Waals surface area contributed by atoms with E-state index in [4.69, 9.17) is 9.47 Å². The van der Waals surface area contributed by atoms with Crippen LogP contribution < -0.4 is 10.1 Å². The van der Waals surface area contributed by atoms with E-state index < -0.39 is 5.97 Å². The number of hydrogen-bond acceptors (Lipinski definition) is 9. The second kappa shape index (κ2) is 11.5. The number of ether oxygens (including phenoxy) is 2. The Hall–Kier alpha value is -2.92. The first-order valence-corrected chi connectivity index (χ1v) is 12.8.